The van der Waals surface area contributed by atoms with Crippen LogP contribution in [-0.4, -0.2) is 171 Å². The molecule has 3 saturated heterocycles. The van der Waals surface area contributed by atoms with E-state index >= 15 is 0 Å². The van der Waals surface area contributed by atoms with Crippen LogP contribution in [0, 0.1) is 23.7 Å². The standard InChI is InChI=1S/C50H88N2O13/c1-14-39-50(10,59)43(55)34(6)52(24-20-16-19-23-40(53)61-29-36-21-17-15-18-22-36)28-30(2)26-48(8,58)45(65-47-42(54)37(51(11)12)25-31(3)62-47)32(4)41(33(5)46(57)64-39)38-27-49(9,60-13)44(56)35(7)63-38/h15,17-18,21-22,30-35,37-45,47,53-56,58-59H,14,16,19-20,23-29H2,1-13H3/t30-,31-,32+,33-,34-,35+,37+,38-,39-,40?,41?,42-,43-,44+,45-,47+,48-,49-,50-/m1/s1. The van der Waals surface area contributed by atoms with Crippen LogP contribution in [0.3, 0.4) is 0 Å². The van der Waals surface area contributed by atoms with Crippen molar-refractivity contribution in [3.63, 3.8) is 0 Å². The molecule has 0 radical (unpaired) electrons. The molecule has 0 amide bonds. The molecule has 0 aliphatic carbocycles. The van der Waals surface area contributed by atoms with E-state index in [9.17, 15) is 35.4 Å². The molecule has 4 rings (SSSR count). The summed E-state index contributed by atoms with van der Waals surface area (Å²) in [6, 6.07) is 8.82. The number of benzene rings is 1. The fourth-order valence-electron chi connectivity index (χ4n) is 11.1. The van der Waals surface area contributed by atoms with Crippen molar-refractivity contribution in [1.82, 2.24) is 9.80 Å². The highest BCUT2D eigenvalue weighted by molar-refractivity contribution is 5.73. The van der Waals surface area contributed by atoms with Crippen molar-refractivity contribution in [2.45, 2.75) is 218 Å². The van der Waals surface area contributed by atoms with Crippen molar-refractivity contribution < 1.29 is 63.9 Å². The second kappa shape index (κ2) is 24.1. The Kier molecular flexibility index (Phi) is 20.7. The highest BCUT2D eigenvalue weighted by Crippen LogP contribution is 2.45. The molecule has 0 spiro atoms. The van der Waals surface area contributed by atoms with Crippen LogP contribution in [0.1, 0.15) is 126 Å². The molecule has 3 heterocycles. The zero-order chi connectivity index (χ0) is 48.6. The monoisotopic (exact) mass is 925 g/mol. The van der Waals surface area contributed by atoms with E-state index in [-0.39, 0.29) is 37.3 Å². The molecular formula is C50H88N2O13. The summed E-state index contributed by atoms with van der Waals surface area (Å²) in [5.74, 6) is -3.10. The van der Waals surface area contributed by atoms with Gasteiger partial charge in [-0.25, -0.2) is 0 Å². The van der Waals surface area contributed by atoms with Crippen LogP contribution in [-0.2, 0) is 39.8 Å². The lowest BCUT2D eigenvalue weighted by Gasteiger charge is -2.51. The summed E-state index contributed by atoms with van der Waals surface area (Å²) in [4.78, 5) is 18.7. The van der Waals surface area contributed by atoms with Crippen molar-refractivity contribution in [1.29, 1.82) is 0 Å². The van der Waals surface area contributed by atoms with E-state index in [0.29, 0.717) is 39.0 Å². The summed E-state index contributed by atoms with van der Waals surface area (Å²) >= 11 is 0. The minimum absolute atomic E-state index is 0.194. The Hall–Kier alpha value is -1.83. The van der Waals surface area contributed by atoms with Crippen LogP contribution >= 0.6 is 0 Å². The maximum atomic E-state index is 14.7. The number of ether oxygens (including phenoxy) is 6. The van der Waals surface area contributed by atoms with E-state index in [1.54, 1.807) is 27.7 Å². The second-order valence-corrected chi connectivity index (χ2v) is 20.9. The molecule has 15 nitrogen and oxygen atoms in total. The molecule has 1 aromatic rings. The molecular weight excluding hydrogens is 837 g/mol. The molecule has 19 atom stereocenters. The maximum Gasteiger partial charge on any atom is 0.309 e. The average Bonchev–Trinajstić information content (AvgIpc) is 3.25. The van der Waals surface area contributed by atoms with E-state index in [0.717, 1.165) is 18.4 Å². The molecule has 0 aromatic heterocycles. The zero-order valence-corrected chi connectivity index (χ0v) is 41.8. The first-order valence-corrected chi connectivity index (χ1v) is 24.3. The number of unbranched alkanes of at least 4 members (excludes halogenated alkanes) is 2. The van der Waals surface area contributed by atoms with Crippen LogP contribution in [0.4, 0.5) is 0 Å². The number of carbonyl (C=O) groups is 1. The SMILES string of the molecule is CC[C@H]1OC(=O)[C@H](C)C([C@H]2C[C@@](C)(OC)[C@@H](O)[C@H](C)O2)[C@H](C)[C@@H](O[C@@H]2O[C@H](C)C[C@H](N(C)C)[C@H]2O)[C@](C)(O)C[C@@H](C)CN(CCCCCC(O)OCc2ccccc2)[C@H](C)[C@@H](O)[C@]1(C)O. The summed E-state index contributed by atoms with van der Waals surface area (Å²) in [7, 11) is 5.33. The third kappa shape index (κ3) is 14.1. The molecule has 1 aromatic carbocycles. The molecule has 3 aliphatic heterocycles. The number of hydrogen-bond acceptors (Lipinski definition) is 15. The third-order valence-corrected chi connectivity index (χ3v) is 15.1. The Balaban J connectivity index is 1.71. The average molecular weight is 925 g/mol. The van der Waals surface area contributed by atoms with Gasteiger partial charge in [0.15, 0.2) is 12.6 Å². The molecule has 65 heavy (non-hydrogen) atoms. The number of likely N-dealkylation sites (N-methyl/N-ethyl adjacent to an activating group) is 1. The van der Waals surface area contributed by atoms with Gasteiger partial charge in [0.25, 0.3) is 0 Å². The minimum Gasteiger partial charge on any atom is -0.459 e. The van der Waals surface area contributed by atoms with Gasteiger partial charge in [-0.15, -0.1) is 0 Å². The fourth-order valence-corrected chi connectivity index (χ4v) is 11.1. The molecule has 376 valence electrons. The number of aliphatic hydroxyl groups is 6. The number of esters is 1. The minimum atomic E-state index is -1.85. The van der Waals surface area contributed by atoms with Crippen LogP contribution in [0.25, 0.3) is 0 Å². The molecule has 0 saturated carbocycles. The molecule has 2 unspecified atom stereocenters. The van der Waals surface area contributed by atoms with Gasteiger partial charge in [-0.1, -0.05) is 64.4 Å². The lowest BCUT2D eigenvalue weighted by Crippen LogP contribution is -2.61. The van der Waals surface area contributed by atoms with E-state index in [4.69, 9.17) is 28.4 Å². The first-order chi connectivity index (χ1) is 30.4. The number of cyclic esters (lactones) is 1. The third-order valence-electron chi connectivity index (χ3n) is 15.1. The number of hydrogen-bond donors (Lipinski definition) is 6. The lowest BCUT2D eigenvalue weighted by atomic mass is 9.68. The van der Waals surface area contributed by atoms with E-state index < -0.39 is 102 Å². The highest BCUT2D eigenvalue weighted by Gasteiger charge is 2.55. The molecule has 6 N–H and O–H groups in total. The number of rotatable bonds is 15. The van der Waals surface area contributed by atoms with E-state index in [1.165, 1.54) is 14.0 Å². The topological polar surface area (TPSA) is 200 Å². The van der Waals surface area contributed by atoms with Crippen molar-refractivity contribution in [3.05, 3.63) is 35.9 Å². The predicted octanol–water partition coefficient (Wildman–Crippen LogP) is 4.64. The van der Waals surface area contributed by atoms with Crippen LogP contribution < -0.4 is 0 Å². The van der Waals surface area contributed by atoms with Gasteiger partial charge in [0.2, 0.25) is 0 Å². The maximum absolute atomic E-state index is 14.7. The van der Waals surface area contributed by atoms with E-state index in [1.807, 2.05) is 83.9 Å². The largest absolute Gasteiger partial charge is 0.459 e. The Morgan fingerprint density at radius 3 is 2.20 bits per heavy atom. The molecule has 15 heteroatoms. The summed E-state index contributed by atoms with van der Waals surface area (Å²) in [6.07, 6.45) is -5.26. The number of nitrogens with zero attached hydrogens (tertiary/aromatic N) is 2. The van der Waals surface area contributed by atoms with Gasteiger partial charge >= 0.3 is 5.97 Å². The van der Waals surface area contributed by atoms with Crippen molar-refractivity contribution >= 4 is 5.97 Å². The van der Waals surface area contributed by atoms with Gasteiger partial charge in [0, 0.05) is 38.1 Å². The van der Waals surface area contributed by atoms with Gasteiger partial charge in [0.1, 0.15) is 30.0 Å². The number of carbonyl (C=O) groups excluding carboxylic acids is 1. The Morgan fingerprint density at radius 1 is 0.923 bits per heavy atom. The summed E-state index contributed by atoms with van der Waals surface area (Å²) in [5, 5.41) is 70.8. The first kappa shape index (κ1) is 55.8. The summed E-state index contributed by atoms with van der Waals surface area (Å²) in [6.45, 7) is 19.4. The predicted molar refractivity (Wildman–Crippen MR) is 247 cm³/mol. The Labute approximate surface area is 390 Å². The summed E-state index contributed by atoms with van der Waals surface area (Å²) < 4.78 is 37.7. The van der Waals surface area contributed by atoms with Gasteiger partial charge < -0.3 is 64.0 Å². The van der Waals surface area contributed by atoms with Gasteiger partial charge in [0.05, 0.1) is 48.1 Å². The van der Waals surface area contributed by atoms with Gasteiger partial charge in [-0.05, 0) is 118 Å². The van der Waals surface area contributed by atoms with Crippen molar-refractivity contribution in [2.75, 3.05) is 34.3 Å². The van der Waals surface area contributed by atoms with Crippen LogP contribution in [0.15, 0.2) is 30.3 Å². The number of aliphatic hydroxyl groups excluding tert-OH is 4. The fraction of sp³-hybridized carbons (Fsp3) is 0.860. The molecule has 3 aliphatic rings. The second-order valence-electron chi connectivity index (χ2n) is 20.9. The smallest absolute Gasteiger partial charge is 0.309 e. The molecule has 0 bridgehead atoms. The normalized spacial score (nSPS) is 42.5. The van der Waals surface area contributed by atoms with Crippen molar-refractivity contribution in [2.24, 2.45) is 23.7 Å². The van der Waals surface area contributed by atoms with Gasteiger partial charge in [-0.3, -0.25) is 9.69 Å². The zero-order valence-electron chi connectivity index (χ0n) is 41.8. The lowest BCUT2D eigenvalue weighted by molar-refractivity contribution is -0.302. The molecule has 3 fully saturated rings. The Morgan fingerprint density at radius 2 is 1.58 bits per heavy atom. The first-order valence-electron chi connectivity index (χ1n) is 24.3. The number of methoxy groups -OCH3 is 1. The quantitative estimate of drug-likeness (QED) is 0.0808. The summed E-state index contributed by atoms with van der Waals surface area (Å²) in [5.41, 5.74) is -3.49. The van der Waals surface area contributed by atoms with Gasteiger partial charge in [-0.2, -0.15) is 0 Å². The van der Waals surface area contributed by atoms with Crippen LogP contribution in [0.2, 0.25) is 0 Å². The van der Waals surface area contributed by atoms with Crippen molar-refractivity contribution in [3.8, 4) is 0 Å². The van der Waals surface area contributed by atoms with Crippen LogP contribution in [0.5, 0.6) is 0 Å². The van der Waals surface area contributed by atoms with E-state index in [2.05, 4.69) is 4.90 Å². The Bertz CT molecular complexity index is 1570. The highest BCUT2D eigenvalue weighted by atomic mass is 16.7.